The Labute approximate surface area is 114 Å². The Bertz CT molecular complexity index is 534. The summed E-state index contributed by atoms with van der Waals surface area (Å²) >= 11 is 0. The lowest BCUT2D eigenvalue weighted by molar-refractivity contribution is 0.215. The van der Waals surface area contributed by atoms with E-state index in [-0.39, 0.29) is 6.03 Å². The molecule has 3 heteroatoms. The number of anilines is 1. The van der Waals surface area contributed by atoms with Crippen molar-refractivity contribution in [2.45, 2.75) is 32.6 Å². The van der Waals surface area contributed by atoms with Crippen LogP contribution in [0.5, 0.6) is 0 Å². The SMILES string of the molecule is CC1=CCN(C(=O)Nc2cccc3c2CCC3)CC1. The van der Waals surface area contributed by atoms with Crippen LogP contribution >= 0.6 is 0 Å². The van der Waals surface area contributed by atoms with E-state index in [1.165, 1.54) is 23.1 Å². The number of benzene rings is 1. The van der Waals surface area contributed by atoms with Crippen molar-refractivity contribution in [2.24, 2.45) is 0 Å². The number of carbonyl (C=O) groups is 1. The number of hydrogen-bond donors (Lipinski definition) is 1. The van der Waals surface area contributed by atoms with Gasteiger partial charge in [0, 0.05) is 18.8 Å². The van der Waals surface area contributed by atoms with Crippen molar-refractivity contribution in [1.29, 1.82) is 0 Å². The Kier molecular flexibility index (Phi) is 3.28. The van der Waals surface area contributed by atoms with Gasteiger partial charge in [0.05, 0.1) is 0 Å². The molecule has 0 bridgehead atoms. The van der Waals surface area contributed by atoms with Gasteiger partial charge in [-0.05, 0) is 49.8 Å². The fourth-order valence-corrected chi connectivity index (χ4v) is 2.89. The molecule has 0 unspecified atom stereocenters. The van der Waals surface area contributed by atoms with Gasteiger partial charge in [-0.2, -0.15) is 0 Å². The molecule has 3 nitrogen and oxygen atoms in total. The number of nitrogens with zero attached hydrogens (tertiary/aromatic N) is 1. The van der Waals surface area contributed by atoms with Gasteiger partial charge < -0.3 is 10.2 Å². The maximum atomic E-state index is 12.3. The van der Waals surface area contributed by atoms with Gasteiger partial charge in [-0.1, -0.05) is 23.8 Å². The highest BCUT2D eigenvalue weighted by Crippen LogP contribution is 2.29. The zero-order valence-electron chi connectivity index (χ0n) is 11.4. The summed E-state index contributed by atoms with van der Waals surface area (Å²) in [6, 6.07) is 6.27. The third kappa shape index (κ3) is 2.50. The van der Waals surface area contributed by atoms with Crippen molar-refractivity contribution >= 4 is 11.7 Å². The Morgan fingerprint density at radius 3 is 2.95 bits per heavy atom. The maximum absolute atomic E-state index is 12.3. The quantitative estimate of drug-likeness (QED) is 0.768. The van der Waals surface area contributed by atoms with E-state index < -0.39 is 0 Å². The minimum absolute atomic E-state index is 0.0315. The fourth-order valence-electron chi connectivity index (χ4n) is 2.89. The molecule has 0 spiro atoms. The van der Waals surface area contributed by atoms with E-state index in [2.05, 4.69) is 24.4 Å². The van der Waals surface area contributed by atoms with E-state index in [1.807, 2.05) is 17.0 Å². The van der Waals surface area contributed by atoms with Gasteiger partial charge in [0.1, 0.15) is 0 Å². The molecule has 0 saturated heterocycles. The second-order valence-electron chi connectivity index (χ2n) is 5.47. The van der Waals surface area contributed by atoms with Crippen LogP contribution in [0.1, 0.15) is 30.9 Å². The lowest BCUT2D eigenvalue weighted by Gasteiger charge is -2.26. The van der Waals surface area contributed by atoms with Crippen molar-refractivity contribution in [3.63, 3.8) is 0 Å². The summed E-state index contributed by atoms with van der Waals surface area (Å²) in [6.45, 7) is 3.68. The molecule has 2 aliphatic rings. The maximum Gasteiger partial charge on any atom is 0.322 e. The number of amides is 2. The summed E-state index contributed by atoms with van der Waals surface area (Å²) in [5.41, 5.74) is 5.11. The fraction of sp³-hybridized carbons (Fsp3) is 0.438. The average molecular weight is 256 g/mol. The molecule has 0 fully saturated rings. The van der Waals surface area contributed by atoms with Crippen molar-refractivity contribution in [1.82, 2.24) is 4.90 Å². The van der Waals surface area contributed by atoms with Gasteiger partial charge in [0.2, 0.25) is 0 Å². The number of urea groups is 1. The van der Waals surface area contributed by atoms with Crippen molar-refractivity contribution in [2.75, 3.05) is 18.4 Å². The minimum Gasteiger partial charge on any atom is -0.320 e. The Morgan fingerprint density at radius 1 is 1.26 bits per heavy atom. The summed E-state index contributed by atoms with van der Waals surface area (Å²) in [7, 11) is 0. The Balaban J connectivity index is 1.72. The number of nitrogens with one attached hydrogen (secondary N) is 1. The molecule has 1 aromatic carbocycles. The predicted octanol–water partition coefficient (Wildman–Crippen LogP) is 3.36. The van der Waals surface area contributed by atoms with Gasteiger partial charge in [-0.25, -0.2) is 4.79 Å². The molecule has 1 aliphatic carbocycles. The molecule has 0 aromatic heterocycles. The Hall–Kier alpha value is -1.77. The van der Waals surface area contributed by atoms with Crippen LogP contribution in [0.4, 0.5) is 10.5 Å². The van der Waals surface area contributed by atoms with E-state index in [4.69, 9.17) is 0 Å². The smallest absolute Gasteiger partial charge is 0.320 e. The first kappa shape index (κ1) is 12.3. The van der Waals surface area contributed by atoms with Crippen LogP contribution in [0.2, 0.25) is 0 Å². The molecule has 0 atom stereocenters. The van der Waals surface area contributed by atoms with Crippen LogP contribution in [0.25, 0.3) is 0 Å². The molecule has 2 amide bonds. The van der Waals surface area contributed by atoms with Gasteiger partial charge in [0.25, 0.3) is 0 Å². The highest BCUT2D eigenvalue weighted by Gasteiger charge is 2.19. The van der Waals surface area contributed by atoms with E-state index in [0.29, 0.717) is 0 Å². The first-order chi connectivity index (χ1) is 9.24. The molecule has 1 aromatic rings. The van der Waals surface area contributed by atoms with Crippen molar-refractivity contribution < 1.29 is 4.79 Å². The van der Waals surface area contributed by atoms with Crippen LogP contribution in [-0.2, 0) is 12.8 Å². The summed E-state index contributed by atoms with van der Waals surface area (Å²) in [6.07, 6.45) is 6.56. The molecule has 0 saturated carbocycles. The van der Waals surface area contributed by atoms with Crippen LogP contribution in [0, 0.1) is 0 Å². The molecule has 1 N–H and O–H groups in total. The highest BCUT2D eigenvalue weighted by atomic mass is 16.2. The largest absolute Gasteiger partial charge is 0.322 e. The van der Waals surface area contributed by atoms with Crippen LogP contribution in [0.15, 0.2) is 29.8 Å². The first-order valence-corrected chi connectivity index (χ1v) is 7.06. The minimum atomic E-state index is 0.0315. The zero-order valence-corrected chi connectivity index (χ0v) is 11.4. The van der Waals surface area contributed by atoms with Crippen LogP contribution in [0.3, 0.4) is 0 Å². The van der Waals surface area contributed by atoms with Gasteiger partial charge >= 0.3 is 6.03 Å². The number of fused-ring (bicyclic) bond motifs is 1. The van der Waals surface area contributed by atoms with Crippen LogP contribution < -0.4 is 5.32 Å². The number of aryl methyl sites for hydroxylation is 1. The normalized spacial score (nSPS) is 17.9. The number of hydrogen-bond acceptors (Lipinski definition) is 1. The number of rotatable bonds is 1. The highest BCUT2D eigenvalue weighted by molar-refractivity contribution is 5.90. The molecule has 3 rings (SSSR count). The lowest BCUT2D eigenvalue weighted by Crippen LogP contribution is -2.38. The summed E-state index contributed by atoms with van der Waals surface area (Å²) in [4.78, 5) is 14.1. The second kappa shape index (κ2) is 5.08. The predicted molar refractivity (Wildman–Crippen MR) is 77.4 cm³/mol. The molecule has 0 radical (unpaired) electrons. The first-order valence-electron chi connectivity index (χ1n) is 7.06. The van der Waals surface area contributed by atoms with Crippen molar-refractivity contribution in [3.8, 4) is 0 Å². The van der Waals surface area contributed by atoms with E-state index in [1.54, 1.807) is 0 Å². The molecule has 1 aliphatic heterocycles. The molecular formula is C16H20N2O. The van der Waals surface area contributed by atoms with Crippen LogP contribution in [-0.4, -0.2) is 24.0 Å². The molecule has 100 valence electrons. The van der Waals surface area contributed by atoms with E-state index in [9.17, 15) is 4.79 Å². The van der Waals surface area contributed by atoms with Crippen molar-refractivity contribution in [3.05, 3.63) is 41.0 Å². The monoisotopic (exact) mass is 256 g/mol. The van der Waals surface area contributed by atoms with E-state index >= 15 is 0 Å². The topological polar surface area (TPSA) is 32.3 Å². The van der Waals surface area contributed by atoms with Gasteiger partial charge in [-0.3, -0.25) is 0 Å². The summed E-state index contributed by atoms with van der Waals surface area (Å²) < 4.78 is 0. The standard InChI is InChI=1S/C16H20N2O/c1-12-8-10-18(11-9-12)16(19)17-15-7-3-5-13-4-2-6-14(13)15/h3,5,7-8H,2,4,6,9-11H2,1H3,(H,17,19). The summed E-state index contributed by atoms with van der Waals surface area (Å²) in [5, 5.41) is 3.08. The Morgan fingerprint density at radius 2 is 2.16 bits per heavy atom. The number of carbonyl (C=O) groups excluding carboxylic acids is 1. The third-order valence-electron chi connectivity index (χ3n) is 4.11. The molecule has 1 heterocycles. The zero-order chi connectivity index (χ0) is 13.2. The van der Waals surface area contributed by atoms with Gasteiger partial charge in [-0.15, -0.1) is 0 Å². The molecule has 19 heavy (non-hydrogen) atoms. The second-order valence-corrected chi connectivity index (χ2v) is 5.47. The van der Waals surface area contributed by atoms with E-state index in [0.717, 1.165) is 38.0 Å². The lowest BCUT2D eigenvalue weighted by atomic mass is 10.1. The molecular weight excluding hydrogens is 236 g/mol. The average Bonchev–Trinajstić information content (AvgIpc) is 2.89. The summed E-state index contributed by atoms with van der Waals surface area (Å²) in [5.74, 6) is 0. The van der Waals surface area contributed by atoms with Gasteiger partial charge in [0.15, 0.2) is 0 Å². The third-order valence-corrected chi connectivity index (χ3v) is 4.11.